The van der Waals surface area contributed by atoms with Crippen molar-refractivity contribution in [3.63, 3.8) is 0 Å². The van der Waals surface area contributed by atoms with E-state index in [9.17, 15) is 14.4 Å². The Labute approximate surface area is 142 Å². The van der Waals surface area contributed by atoms with E-state index >= 15 is 0 Å². The third-order valence-corrected chi connectivity index (χ3v) is 4.55. The monoisotopic (exact) mass is 340 g/mol. The van der Waals surface area contributed by atoms with Crippen LogP contribution >= 0.6 is 24.0 Å². The van der Waals surface area contributed by atoms with Crippen LogP contribution in [-0.4, -0.2) is 10.2 Å². The molecule has 0 spiro atoms. The van der Waals surface area contributed by atoms with Gasteiger partial charge >= 0.3 is 0 Å². The summed E-state index contributed by atoms with van der Waals surface area (Å²) in [5.41, 5.74) is 1.12. The van der Waals surface area contributed by atoms with Crippen LogP contribution in [0.3, 0.4) is 0 Å². The molecule has 0 atom stereocenters. The Morgan fingerprint density at radius 3 is 2.61 bits per heavy atom. The topological polar surface area (TPSA) is 44.1 Å². The van der Waals surface area contributed by atoms with Crippen LogP contribution in [-0.2, 0) is 4.79 Å². The molecule has 0 bridgehead atoms. The molecule has 2 aromatic rings. The smallest absolute Gasteiger partial charge is 0.268 e. The highest BCUT2D eigenvalue weighted by atomic mass is 32.2. The molecule has 112 valence electrons. The Hall–Kier alpha value is -2.49. The Kier molecular flexibility index (Phi) is 4.24. The number of hydrogen-bond donors (Lipinski definition) is 0. The molecule has 0 aliphatic carbocycles. The number of nitriles is 1. The number of carbonyl (C=O) groups excluding carboxylic acids is 1. The predicted molar refractivity (Wildman–Crippen MR) is 93.2 cm³/mol. The minimum Gasteiger partial charge on any atom is -0.268 e. The maximum absolute atomic E-state index is 13.8. The van der Waals surface area contributed by atoms with Gasteiger partial charge in [0.25, 0.3) is 5.91 Å². The molecule has 1 fully saturated rings. The maximum atomic E-state index is 13.8. The van der Waals surface area contributed by atoms with E-state index in [0.717, 1.165) is 11.8 Å². The minimum absolute atomic E-state index is 0.320. The van der Waals surface area contributed by atoms with Gasteiger partial charge in [0.2, 0.25) is 0 Å². The highest BCUT2D eigenvalue weighted by Crippen LogP contribution is 2.37. The van der Waals surface area contributed by atoms with Crippen molar-refractivity contribution < 1.29 is 9.18 Å². The van der Waals surface area contributed by atoms with Crippen LogP contribution in [0.15, 0.2) is 53.4 Å². The van der Waals surface area contributed by atoms with E-state index in [4.69, 9.17) is 12.2 Å². The van der Waals surface area contributed by atoms with Gasteiger partial charge in [0, 0.05) is 5.56 Å². The number of benzene rings is 2. The first-order valence-corrected chi connectivity index (χ1v) is 7.86. The van der Waals surface area contributed by atoms with E-state index in [1.54, 1.807) is 42.5 Å². The van der Waals surface area contributed by atoms with E-state index < -0.39 is 5.82 Å². The van der Waals surface area contributed by atoms with Crippen molar-refractivity contribution in [2.75, 3.05) is 4.90 Å². The summed E-state index contributed by atoms with van der Waals surface area (Å²) in [6, 6.07) is 15.0. The van der Waals surface area contributed by atoms with Crippen molar-refractivity contribution >= 4 is 46.0 Å². The van der Waals surface area contributed by atoms with Gasteiger partial charge in [0.1, 0.15) is 11.9 Å². The zero-order valence-electron chi connectivity index (χ0n) is 11.7. The van der Waals surface area contributed by atoms with Gasteiger partial charge < -0.3 is 0 Å². The standard InChI is InChI=1S/C17H9FN2OS2/c18-13-7-3-1-5-11(13)9-15-16(21)20(17(22)23-15)14-8-4-2-6-12(14)10-19/h1-9H/b15-9-. The molecule has 1 saturated heterocycles. The fraction of sp³-hybridized carbons (Fsp3) is 0. The van der Waals surface area contributed by atoms with Crippen molar-refractivity contribution in [3.8, 4) is 6.07 Å². The third kappa shape index (κ3) is 2.89. The van der Waals surface area contributed by atoms with Crippen molar-refractivity contribution in [1.82, 2.24) is 0 Å². The molecule has 6 heteroatoms. The number of halogens is 1. The normalized spacial score (nSPS) is 16.0. The van der Waals surface area contributed by atoms with E-state index in [1.807, 2.05) is 6.07 Å². The Morgan fingerprint density at radius 2 is 1.87 bits per heavy atom. The molecule has 0 radical (unpaired) electrons. The molecule has 23 heavy (non-hydrogen) atoms. The van der Waals surface area contributed by atoms with Gasteiger partial charge in [-0.05, 0) is 24.3 Å². The molecule has 1 heterocycles. The van der Waals surface area contributed by atoms with Gasteiger partial charge in [0.05, 0.1) is 16.2 Å². The van der Waals surface area contributed by atoms with E-state index in [0.29, 0.717) is 26.0 Å². The number of thiocarbonyl (C=S) groups is 1. The summed E-state index contributed by atoms with van der Waals surface area (Å²) in [5, 5.41) is 9.19. The van der Waals surface area contributed by atoms with E-state index in [-0.39, 0.29) is 5.91 Å². The first-order chi connectivity index (χ1) is 11.1. The second-order valence-electron chi connectivity index (χ2n) is 4.67. The van der Waals surface area contributed by atoms with E-state index in [1.165, 1.54) is 17.0 Å². The number of thioether (sulfide) groups is 1. The Bertz CT molecular complexity index is 886. The second kappa shape index (κ2) is 6.32. The highest BCUT2D eigenvalue weighted by Gasteiger charge is 2.34. The second-order valence-corrected chi connectivity index (χ2v) is 6.34. The maximum Gasteiger partial charge on any atom is 0.270 e. The number of anilines is 1. The molecular weight excluding hydrogens is 331 g/mol. The number of hydrogen-bond acceptors (Lipinski definition) is 4. The molecule has 3 rings (SSSR count). The SMILES string of the molecule is N#Cc1ccccc1N1C(=O)/C(=C/c2ccccc2F)SC1=S. The lowest BCUT2D eigenvalue weighted by atomic mass is 10.1. The molecule has 1 aliphatic rings. The van der Waals surface area contributed by atoms with Gasteiger partial charge in [-0.15, -0.1) is 0 Å². The number of amides is 1. The molecule has 1 aliphatic heterocycles. The molecule has 0 unspecified atom stereocenters. The van der Waals surface area contributed by atoms with Crippen LogP contribution in [0.25, 0.3) is 6.08 Å². The van der Waals surface area contributed by atoms with Gasteiger partial charge in [-0.25, -0.2) is 4.39 Å². The van der Waals surface area contributed by atoms with Crippen LogP contribution in [0.5, 0.6) is 0 Å². The number of para-hydroxylation sites is 1. The highest BCUT2D eigenvalue weighted by molar-refractivity contribution is 8.27. The van der Waals surface area contributed by atoms with Gasteiger partial charge in [-0.3, -0.25) is 9.69 Å². The summed E-state index contributed by atoms with van der Waals surface area (Å²) in [7, 11) is 0. The van der Waals surface area contributed by atoms with Crippen LogP contribution < -0.4 is 4.90 Å². The van der Waals surface area contributed by atoms with Crippen molar-refractivity contribution in [2.24, 2.45) is 0 Å². The van der Waals surface area contributed by atoms with Gasteiger partial charge in [0.15, 0.2) is 4.32 Å². The average Bonchev–Trinajstić information content (AvgIpc) is 2.83. The molecule has 1 amide bonds. The predicted octanol–water partition coefficient (Wildman–Crippen LogP) is 4.10. The van der Waals surface area contributed by atoms with Gasteiger partial charge in [-0.2, -0.15) is 5.26 Å². The molecule has 3 nitrogen and oxygen atoms in total. The number of carbonyl (C=O) groups is 1. The van der Waals surface area contributed by atoms with Crippen molar-refractivity contribution in [2.45, 2.75) is 0 Å². The first-order valence-electron chi connectivity index (χ1n) is 6.63. The molecular formula is C17H9FN2OS2. The molecule has 0 saturated carbocycles. The number of nitrogens with zero attached hydrogens (tertiary/aromatic N) is 2. The Morgan fingerprint density at radius 1 is 1.17 bits per heavy atom. The fourth-order valence-electron chi connectivity index (χ4n) is 2.17. The number of rotatable bonds is 2. The van der Waals surface area contributed by atoms with Crippen molar-refractivity contribution in [1.29, 1.82) is 5.26 Å². The summed E-state index contributed by atoms with van der Waals surface area (Å²) in [6.07, 6.45) is 1.48. The molecule has 0 N–H and O–H groups in total. The van der Waals surface area contributed by atoms with Crippen molar-refractivity contribution in [3.05, 3.63) is 70.4 Å². The van der Waals surface area contributed by atoms with Crippen LogP contribution in [0.4, 0.5) is 10.1 Å². The summed E-state index contributed by atoms with van der Waals surface area (Å²) >= 11 is 6.35. The lowest BCUT2D eigenvalue weighted by Crippen LogP contribution is -2.28. The summed E-state index contributed by atoms with van der Waals surface area (Å²) < 4.78 is 14.1. The van der Waals surface area contributed by atoms with Crippen LogP contribution in [0, 0.1) is 17.1 Å². The lowest BCUT2D eigenvalue weighted by molar-refractivity contribution is -0.113. The average molecular weight is 340 g/mol. The van der Waals surface area contributed by atoms with Crippen LogP contribution in [0.2, 0.25) is 0 Å². The Balaban J connectivity index is 2.01. The third-order valence-electron chi connectivity index (χ3n) is 3.25. The fourth-order valence-corrected chi connectivity index (χ4v) is 3.45. The lowest BCUT2D eigenvalue weighted by Gasteiger charge is -2.15. The first kappa shape index (κ1) is 15.4. The summed E-state index contributed by atoms with van der Waals surface area (Å²) in [5.74, 6) is -0.763. The molecule has 0 aromatic heterocycles. The van der Waals surface area contributed by atoms with Crippen LogP contribution in [0.1, 0.15) is 11.1 Å². The van der Waals surface area contributed by atoms with E-state index in [2.05, 4.69) is 0 Å². The zero-order chi connectivity index (χ0) is 16.4. The quantitative estimate of drug-likeness (QED) is 0.610. The zero-order valence-corrected chi connectivity index (χ0v) is 13.3. The van der Waals surface area contributed by atoms with Gasteiger partial charge in [-0.1, -0.05) is 54.3 Å². The summed E-state index contributed by atoms with van der Waals surface area (Å²) in [4.78, 5) is 14.3. The largest absolute Gasteiger partial charge is 0.270 e. The minimum atomic E-state index is -0.407. The molecule has 2 aromatic carbocycles. The summed E-state index contributed by atoms with van der Waals surface area (Å²) in [6.45, 7) is 0.